The maximum absolute atomic E-state index is 12.6. The van der Waals surface area contributed by atoms with Gasteiger partial charge in [0.1, 0.15) is 6.04 Å². The first-order valence-corrected chi connectivity index (χ1v) is 10.2. The van der Waals surface area contributed by atoms with Crippen molar-refractivity contribution in [1.82, 2.24) is 10.6 Å². The molecule has 0 heterocycles. The SMILES string of the molecule is NC(=O)c1ccc(SCC(=O)NC(C(=O)NCC2CC2)c2ccccc2)cc1. The molecule has 1 atom stereocenters. The van der Waals surface area contributed by atoms with Gasteiger partial charge in [0.15, 0.2) is 0 Å². The summed E-state index contributed by atoms with van der Waals surface area (Å²) in [6, 6.07) is 15.2. The molecule has 3 rings (SSSR count). The minimum absolute atomic E-state index is 0.162. The molecule has 1 aliphatic rings. The minimum Gasteiger partial charge on any atom is -0.366 e. The van der Waals surface area contributed by atoms with E-state index in [0.29, 0.717) is 18.0 Å². The van der Waals surface area contributed by atoms with Gasteiger partial charge in [-0.2, -0.15) is 0 Å². The molecule has 1 fully saturated rings. The van der Waals surface area contributed by atoms with Gasteiger partial charge in [0.25, 0.3) is 0 Å². The Morgan fingerprint density at radius 2 is 1.71 bits per heavy atom. The largest absolute Gasteiger partial charge is 0.366 e. The Bertz CT molecular complexity index is 836. The Kier molecular flexibility index (Phi) is 6.71. The maximum atomic E-state index is 12.6. The fourth-order valence-electron chi connectivity index (χ4n) is 2.68. The molecule has 0 aliphatic heterocycles. The second kappa shape index (κ2) is 9.41. The quantitative estimate of drug-likeness (QED) is 0.565. The second-order valence-corrected chi connectivity index (χ2v) is 7.83. The average molecular weight is 398 g/mol. The lowest BCUT2D eigenvalue weighted by molar-refractivity contribution is -0.128. The van der Waals surface area contributed by atoms with E-state index in [4.69, 9.17) is 5.73 Å². The standard InChI is InChI=1S/C21H23N3O3S/c22-20(26)16-8-10-17(11-9-16)28-13-18(25)24-19(15-4-2-1-3-5-15)21(27)23-12-14-6-7-14/h1-5,8-11,14,19H,6-7,12-13H2,(H2,22,26)(H,23,27)(H,24,25). The molecule has 2 aromatic rings. The summed E-state index contributed by atoms with van der Waals surface area (Å²) in [6.07, 6.45) is 2.29. The number of carbonyl (C=O) groups excluding carboxylic acids is 3. The summed E-state index contributed by atoms with van der Waals surface area (Å²) in [5, 5.41) is 5.77. The van der Waals surface area contributed by atoms with Gasteiger partial charge in [-0.15, -0.1) is 11.8 Å². The van der Waals surface area contributed by atoms with Crippen molar-refractivity contribution in [3.8, 4) is 0 Å². The number of benzene rings is 2. The van der Waals surface area contributed by atoms with Crippen LogP contribution in [0.3, 0.4) is 0 Å². The highest BCUT2D eigenvalue weighted by Crippen LogP contribution is 2.28. The predicted molar refractivity (Wildman–Crippen MR) is 109 cm³/mol. The third-order valence-electron chi connectivity index (χ3n) is 4.47. The van der Waals surface area contributed by atoms with Crippen molar-refractivity contribution in [1.29, 1.82) is 0 Å². The van der Waals surface area contributed by atoms with E-state index in [2.05, 4.69) is 10.6 Å². The van der Waals surface area contributed by atoms with E-state index < -0.39 is 11.9 Å². The molecule has 0 spiro atoms. The van der Waals surface area contributed by atoms with Crippen molar-refractivity contribution < 1.29 is 14.4 Å². The second-order valence-electron chi connectivity index (χ2n) is 6.78. The molecule has 146 valence electrons. The third kappa shape index (κ3) is 5.85. The summed E-state index contributed by atoms with van der Waals surface area (Å²) in [7, 11) is 0. The van der Waals surface area contributed by atoms with Crippen LogP contribution >= 0.6 is 11.8 Å². The first-order chi connectivity index (χ1) is 13.5. The van der Waals surface area contributed by atoms with Crippen molar-refractivity contribution in [2.75, 3.05) is 12.3 Å². The Labute approximate surface area is 168 Å². The number of nitrogens with two attached hydrogens (primary N) is 1. The molecule has 1 aliphatic carbocycles. The molecule has 0 radical (unpaired) electrons. The molecule has 4 N–H and O–H groups in total. The monoisotopic (exact) mass is 397 g/mol. The third-order valence-corrected chi connectivity index (χ3v) is 5.48. The van der Waals surface area contributed by atoms with E-state index >= 15 is 0 Å². The van der Waals surface area contributed by atoms with E-state index in [1.54, 1.807) is 24.3 Å². The Hall–Kier alpha value is -2.80. The molecule has 28 heavy (non-hydrogen) atoms. The molecule has 1 unspecified atom stereocenters. The van der Waals surface area contributed by atoms with Crippen molar-refractivity contribution in [3.05, 3.63) is 65.7 Å². The molecule has 6 nitrogen and oxygen atoms in total. The van der Waals surface area contributed by atoms with E-state index in [1.807, 2.05) is 30.3 Å². The van der Waals surface area contributed by atoms with Crippen LogP contribution in [0.5, 0.6) is 0 Å². The maximum Gasteiger partial charge on any atom is 0.248 e. The highest BCUT2D eigenvalue weighted by Gasteiger charge is 2.26. The van der Waals surface area contributed by atoms with Crippen molar-refractivity contribution in [3.63, 3.8) is 0 Å². The van der Waals surface area contributed by atoms with Gasteiger partial charge < -0.3 is 16.4 Å². The molecule has 0 aromatic heterocycles. The van der Waals surface area contributed by atoms with Crippen molar-refractivity contribution >= 4 is 29.5 Å². The van der Waals surface area contributed by atoms with Crippen molar-refractivity contribution in [2.45, 2.75) is 23.8 Å². The molecule has 0 bridgehead atoms. The smallest absolute Gasteiger partial charge is 0.248 e. The number of primary amides is 1. The lowest BCUT2D eigenvalue weighted by Gasteiger charge is -2.19. The zero-order chi connectivity index (χ0) is 19.9. The highest BCUT2D eigenvalue weighted by atomic mass is 32.2. The van der Waals surface area contributed by atoms with Crippen molar-refractivity contribution in [2.24, 2.45) is 11.7 Å². The lowest BCUT2D eigenvalue weighted by atomic mass is 10.1. The van der Waals surface area contributed by atoms with Gasteiger partial charge in [0, 0.05) is 17.0 Å². The van der Waals surface area contributed by atoms with Crippen LogP contribution in [-0.4, -0.2) is 30.0 Å². The molecule has 0 saturated heterocycles. The Morgan fingerprint density at radius 3 is 2.32 bits per heavy atom. The van der Waals surface area contributed by atoms with E-state index in [9.17, 15) is 14.4 Å². The normalized spacial score (nSPS) is 14.1. The first kappa shape index (κ1) is 19.9. The zero-order valence-electron chi connectivity index (χ0n) is 15.4. The number of hydrogen-bond acceptors (Lipinski definition) is 4. The Morgan fingerprint density at radius 1 is 1.04 bits per heavy atom. The minimum atomic E-state index is -0.717. The van der Waals surface area contributed by atoms with Crippen LogP contribution in [0.2, 0.25) is 0 Å². The number of amides is 3. The van der Waals surface area contributed by atoms with Gasteiger partial charge in [-0.25, -0.2) is 0 Å². The van der Waals surface area contributed by atoms with Crippen LogP contribution in [0.15, 0.2) is 59.5 Å². The van der Waals surface area contributed by atoms with Crippen LogP contribution < -0.4 is 16.4 Å². The van der Waals surface area contributed by atoms with E-state index in [1.165, 1.54) is 11.8 Å². The first-order valence-electron chi connectivity index (χ1n) is 9.17. The van der Waals surface area contributed by atoms with E-state index in [0.717, 1.165) is 23.3 Å². The van der Waals surface area contributed by atoms with Gasteiger partial charge >= 0.3 is 0 Å². The van der Waals surface area contributed by atoms with Crippen LogP contribution in [0.1, 0.15) is 34.8 Å². The number of thioether (sulfide) groups is 1. The predicted octanol–water partition coefficient (Wildman–Crippen LogP) is 2.26. The van der Waals surface area contributed by atoms with Gasteiger partial charge in [-0.05, 0) is 48.6 Å². The number of hydrogen-bond donors (Lipinski definition) is 3. The topological polar surface area (TPSA) is 101 Å². The fourth-order valence-corrected chi connectivity index (χ4v) is 3.39. The number of rotatable bonds is 9. The highest BCUT2D eigenvalue weighted by molar-refractivity contribution is 8.00. The summed E-state index contributed by atoms with van der Waals surface area (Å²) in [5.41, 5.74) is 6.40. The molecule has 3 amide bonds. The van der Waals surface area contributed by atoms with Gasteiger partial charge in [0.05, 0.1) is 5.75 Å². The molecular weight excluding hydrogens is 374 g/mol. The van der Waals surface area contributed by atoms with Crippen LogP contribution in [0, 0.1) is 5.92 Å². The van der Waals surface area contributed by atoms with Gasteiger partial charge in [-0.1, -0.05) is 30.3 Å². The molecule has 7 heteroatoms. The van der Waals surface area contributed by atoms with Crippen LogP contribution in [0.4, 0.5) is 0 Å². The van der Waals surface area contributed by atoms with E-state index in [-0.39, 0.29) is 17.6 Å². The van der Waals surface area contributed by atoms with Crippen LogP contribution in [0.25, 0.3) is 0 Å². The molecular formula is C21H23N3O3S. The zero-order valence-corrected chi connectivity index (χ0v) is 16.2. The number of nitrogens with one attached hydrogen (secondary N) is 2. The summed E-state index contributed by atoms with van der Waals surface area (Å²) in [5.74, 6) is -0.191. The summed E-state index contributed by atoms with van der Waals surface area (Å²) >= 11 is 1.33. The summed E-state index contributed by atoms with van der Waals surface area (Å²) in [4.78, 5) is 37.0. The molecule has 2 aromatic carbocycles. The van der Waals surface area contributed by atoms with Gasteiger partial charge in [0.2, 0.25) is 17.7 Å². The number of carbonyl (C=O) groups is 3. The summed E-state index contributed by atoms with van der Waals surface area (Å²) < 4.78 is 0. The average Bonchev–Trinajstić information content (AvgIpc) is 3.54. The van der Waals surface area contributed by atoms with Crippen LogP contribution in [-0.2, 0) is 9.59 Å². The fraction of sp³-hybridized carbons (Fsp3) is 0.286. The van der Waals surface area contributed by atoms with Gasteiger partial charge in [-0.3, -0.25) is 14.4 Å². The molecule has 1 saturated carbocycles. The summed E-state index contributed by atoms with van der Waals surface area (Å²) in [6.45, 7) is 0.652. The lowest BCUT2D eigenvalue weighted by Crippen LogP contribution is -2.41. The Balaban J connectivity index is 1.58.